The number of aromatic nitrogens is 1. The number of nitrogens with zero attached hydrogens (tertiary/aromatic N) is 1. The second kappa shape index (κ2) is 11.1. The SMILES string of the molecule is CC(C(=O)CCc1ccc(C(C)(C)C)nc1OC1CCCCC1)c1ccc(NS(C)(=O)=O)c(F)c1. The van der Waals surface area contributed by atoms with Gasteiger partial charge in [-0.05, 0) is 55.9 Å². The third-order valence-electron chi connectivity index (χ3n) is 6.45. The lowest BCUT2D eigenvalue weighted by atomic mass is 9.90. The Kier molecular flexibility index (Phi) is 8.57. The quantitative estimate of drug-likeness (QED) is 0.459. The van der Waals surface area contributed by atoms with E-state index in [-0.39, 0.29) is 29.4 Å². The fraction of sp³-hybridized carbons (Fsp3) is 0.556. The fourth-order valence-corrected chi connectivity index (χ4v) is 4.83. The number of anilines is 1. The molecule has 1 unspecified atom stereocenters. The molecule has 2 aromatic rings. The summed E-state index contributed by atoms with van der Waals surface area (Å²) in [6, 6.07) is 8.15. The van der Waals surface area contributed by atoms with E-state index in [0.29, 0.717) is 17.9 Å². The van der Waals surface area contributed by atoms with Crippen LogP contribution in [-0.2, 0) is 26.7 Å². The van der Waals surface area contributed by atoms with E-state index >= 15 is 0 Å². The van der Waals surface area contributed by atoms with Crippen LogP contribution >= 0.6 is 0 Å². The first-order chi connectivity index (χ1) is 16.3. The first kappa shape index (κ1) is 27.1. The number of benzene rings is 1. The summed E-state index contributed by atoms with van der Waals surface area (Å²) in [4.78, 5) is 17.8. The van der Waals surface area contributed by atoms with Gasteiger partial charge in [-0.15, -0.1) is 0 Å². The molecule has 1 saturated carbocycles. The number of pyridine rings is 1. The van der Waals surface area contributed by atoms with Crippen LogP contribution in [0.15, 0.2) is 30.3 Å². The number of hydrogen-bond acceptors (Lipinski definition) is 5. The fourth-order valence-electron chi connectivity index (χ4n) is 4.26. The van der Waals surface area contributed by atoms with Crippen molar-refractivity contribution >= 4 is 21.5 Å². The van der Waals surface area contributed by atoms with Gasteiger partial charge in [-0.2, -0.15) is 0 Å². The number of aryl methyl sites for hydroxylation is 1. The largest absolute Gasteiger partial charge is 0.474 e. The minimum atomic E-state index is -3.59. The third-order valence-corrected chi connectivity index (χ3v) is 7.04. The molecule has 1 atom stereocenters. The maximum atomic E-state index is 14.4. The number of rotatable bonds is 9. The normalized spacial score (nSPS) is 16.1. The molecule has 1 N–H and O–H groups in total. The molecule has 1 aromatic heterocycles. The van der Waals surface area contributed by atoms with Crippen LogP contribution in [0.5, 0.6) is 5.88 Å². The van der Waals surface area contributed by atoms with E-state index < -0.39 is 21.8 Å². The molecular formula is C27H37FN2O4S. The zero-order chi connectivity index (χ0) is 25.8. The summed E-state index contributed by atoms with van der Waals surface area (Å²) >= 11 is 0. The van der Waals surface area contributed by atoms with Gasteiger partial charge < -0.3 is 4.74 Å². The molecule has 1 aliphatic rings. The van der Waals surface area contributed by atoms with Crippen molar-refractivity contribution in [2.45, 2.75) is 90.1 Å². The average molecular weight is 505 g/mol. The molecule has 6 nitrogen and oxygen atoms in total. The first-order valence-corrected chi connectivity index (χ1v) is 14.2. The van der Waals surface area contributed by atoms with Crippen LogP contribution < -0.4 is 9.46 Å². The van der Waals surface area contributed by atoms with E-state index in [0.717, 1.165) is 43.2 Å². The number of halogens is 1. The highest BCUT2D eigenvalue weighted by Crippen LogP contribution is 2.30. The number of carbonyl (C=O) groups excluding carboxylic acids is 1. The Morgan fingerprint density at radius 1 is 1.17 bits per heavy atom. The van der Waals surface area contributed by atoms with E-state index in [9.17, 15) is 17.6 Å². The number of sulfonamides is 1. The Balaban J connectivity index is 1.72. The van der Waals surface area contributed by atoms with Gasteiger partial charge in [0.05, 0.1) is 11.9 Å². The summed E-state index contributed by atoms with van der Waals surface area (Å²) in [6.45, 7) is 8.07. The maximum Gasteiger partial charge on any atom is 0.229 e. The van der Waals surface area contributed by atoms with Crippen molar-refractivity contribution in [1.82, 2.24) is 4.98 Å². The molecule has 35 heavy (non-hydrogen) atoms. The van der Waals surface area contributed by atoms with Gasteiger partial charge in [0.15, 0.2) is 0 Å². The van der Waals surface area contributed by atoms with E-state index in [4.69, 9.17) is 9.72 Å². The van der Waals surface area contributed by atoms with Gasteiger partial charge >= 0.3 is 0 Å². The highest BCUT2D eigenvalue weighted by atomic mass is 32.2. The van der Waals surface area contributed by atoms with Crippen molar-refractivity contribution < 1.29 is 22.3 Å². The molecule has 1 aromatic carbocycles. The van der Waals surface area contributed by atoms with Gasteiger partial charge in [-0.3, -0.25) is 9.52 Å². The van der Waals surface area contributed by atoms with Gasteiger partial charge in [0.2, 0.25) is 15.9 Å². The Hall–Kier alpha value is -2.48. The van der Waals surface area contributed by atoms with Gasteiger partial charge in [-0.25, -0.2) is 17.8 Å². The van der Waals surface area contributed by atoms with Gasteiger partial charge in [0.1, 0.15) is 17.7 Å². The third kappa shape index (κ3) is 7.75. The predicted octanol–water partition coefficient (Wildman–Crippen LogP) is 5.91. The number of ether oxygens (including phenoxy) is 1. The molecule has 0 radical (unpaired) electrons. The molecule has 1 fully saturated rings. The van der Waals surface area contributed by atoms with Crippen LogP contribution in [0.4, 0.5) is 10.1 Å². The lowest BCUT2D eigenvalue weighted by Gasteiger charge is -2.25. The lowest BCUT2D eigenvalue weighted by molar-refractivity contribution is -0.120. The van der Waals surface area contributed by atoms with E-state index in [1.165, 1.54) is 18.6 Å². The summed E-state index contributed by atoms with van der Waals surface area (Å²) in [7, 11) is -3.59. The smallest absolute Gasteiger partial charge is 0.229 e. The van der Waals surface area contributed by atoms with Crippen LogP contribution in [0.25, 0.3) is 0 Å². The summed E-state index contributed by atoms with van der Waals surface area (Å²) < 4.78 is 45.6. The molecule has 0 amide bonds. The second-order valence-corrected chi connectivity index (χ2v) is 12.3. The predicted molar refractivity (Wildman–Crippen MR) is 137 cm³/mol. The number of hydrogen-bond donors (Lipinski definition) is 1. The van der Waals surface area contributed by atoms with Gasteiger partial charge in [0, 0.05) is 29.0 Å². The minimum Gasteiger partial charge on any atom is -0.474 e. The molecule has 0 spiro atoms. The Morgan fingerprint density at radius 2 is 1.86 bits per heavy atom. The number of ketones is 1. The van der Waals surface area contributed by atoms with Crippen LogP contribution in [-0.4, -0.2) is 31.5 Å². The zero-order valence-corrected chi connectivity index (χ0v) is 22.2. The molecule has 192 valence electrons. The Labute approximate surface area is 208 Å². The van der Waals surface area contributed by atoms with Crippen molar-refractivity contribution in [2.24, 2.45) is 0 Å². The van der Waals surface area contributed by atoms with Crippen LogP contribution in [0.3, 0.4) is 0 Å². The molecule has 0 bridgehead atoms. The van der Waals surface area contributed by atoms with E-state index in [2.05, 4.69) is 25.5 Å². The first-order valence-electron chi connectivity index (χ1n) is 12.3. The van der Waals surface area contributed by atoms with Crippen LogP contribution in [0.1, 0.15) is 89.0 Å². The summed E-state index contributed by atoms with van der Waals surface area (Å²) in [5.74, 6) is -0.650. The number of nitrogens with one attached hydrogen (secondary N) is 1. The lowest BCUT2D eigenvalue weighted by Crippen LogP contribution is -2.22. The highest BCUT2D eigenvalue weighted by molar-refractivity contribution is 7.92. The van der Waals surface area contributed by atoms with E-state index in [1.807, 2.05) is 12.1 Å². The van der Waals surface area contributed by atoms with Crippen molar-refractivity contribution in [3.63, 3.8) is 0 Å². The molecule has 1 aliphatic carbocycles. The number of Topliss-reactive ketones (excluding diaryl/α,β-unsaturated/α-hetero) is 1. The molecule has 3 rings (SSSR count). The summed E-state index contributed by atoms with van der Waals surface area (Å²) in [5, 5.41) is 0. The second-order valence-electron chi connectivity index (χ2n) is 10.6. The van der Waals surface area contributed by atoms with E-state index in [1.54, 1.807) is 13.0 Å². The maximum absolute atomic E-state index is 14.4. The standard InChI is InChI=1S/C27H37FN2O4S/c1-18(20-11-14-23(22(28)17-20)30-35(5,32)33)24(31)15-12-19-13-16-25(27(2,3)4)29-26(19)34-21-9-7-6-8-10-21/h11,13-14,16-18,21,30H,6-10,12,15H2,1-5H3. The average Bonchev–Trinajstić information content (AvgIpc) is 2.78. The van der Waals surface area contributed by atoms with Gasteiger partial charge in [-0.1, -0.05) is 46.2 Å². The van der Waals surface area contributed by atoms with Gasteiger partial charge in [0.25, 0.3) is 0 Å². The summed E-state index contributed by atoms with van der Waals surface area (Å²) in [6.07, 6.45) is 7.46. The molecule has 1 heterocycles. The molecular weight excluding hydrogens is 467 g/mol. The topological polar surface area (TPSA) is 85.4 Å². The highest BCUT2D eigenvalue weighted by Gasteiger charge is 2.23. The molecule has 0 aliphatic heterocycles. The van der Waals surface area contributed by atoms with Crippen LogP contribution in [0.2, 0.25) is 0 Å². The zero-order valence-electron chi connectivity index (χ0n) is 21.4. The van der Waals surface area contributed by atoms with Crippen molar-refractivity contribution in [2.75, 3.05) is 11.0 Å². The molecule has 8 heteroatoms. The Bertz CT molecular complexity index is 1150. The van der Waals surface area contributed by atoms with Crippen molar-refractivity contribution in [3.05, 3.63) is 53.0 Å². The molecule has 0 saturated heterocycles. The van der Waals surface area contributed by atoms with Crippen molar-refractivity contribution in [1.29, 1.82) is 0 Å². The number of carbonyl (C=O) groups is 1. The van der Waals surface area contributed by atoms with Crippen molar-refractivity contribution in [3.8, 4) is 5.88 Å². The van der Waals surface area contributed by atoms with Crippen LogP contribution in [0, 0.1) is 5.82 Å². The summed E-state index contributed by atoms with van der Waals surface area (Å²) in [5.41, 5.74) is 2.11. The Morgan fingerprint density at radius 3 is 2.46 bits per heavy atom. The monoisotopic (exact) mass is 504 g/mol. The minimum absolute atomic E-state index is 0.0308.